The van der Waals surface area contributed by atoms with E-state index in [0.717, 1.165) is 4.68 Å². The van der Waals surface area contributed by atoms with Crippen LogP contribution >= 0.6 is 0 Å². The summed E-state index contributed by atoms with van der Waals surface area (Å²) in [6.45, 7) is 1.69. The molecular formula is C12H12FN3O2. The molecule has 1 aromatic carbocycles. The van der Waals surface area contributed by atoms with Gasteiger partial charge in [0, 0.05) is 18.2 Å². The third kappa shape index (κ3) is 2.10. The lowest BCUT2D eigenvalue weighted by Gasteiger charge is -2.03. The van der Waals surface area contributed by atoms with Crippen LogP contribution in [0.3, 0.4) is 0 Å². The summed E-state index contributed by atoms with van der Waals surface area (Å²) in [5, 5.41) is 2.60. The molecule has 0 fully saturated rings. The molecule has 0 unspecified atom stereocenters. The van der Waals surface area contributed by atoms with E-state index < -0.39 is 17.3 Å². The van der Waals surface area contributed by atoms with Crippen LogP contribution < -0.4 is 11.3 Å². The molecule has 94 valence electrons. The lowest BCUT2D eigenvalue weighted by atomic mass is 10.1. The van der Waals surface area contributed by atoms with Gasteiger partial charge in [0.25, 0.3) is 11.5 Å². The number of nitrogens with one attached hydrogen (secondary N) is 1. The largest absolute Gasteiger partial charge is 0.325 e. The van der Waals surface area contributed by atoms with Crippen LogP contribution in [0.2, 0.25) is 0 Å². The summed E-state index contributed by atoms with van der Waals surface area (Å²) in [4.78, 5) is 23.6. The van der Waals surface area contributed by atoms with Crippen molar-refractivity contribution >= 4 is 5.91 Å². The SMILES string of the molecule is Cc1cc(C(=O)n2[nH]c(CN)cc2=O)ccc1F. The van der Waals surface area contributed by atoms with Crippen LogP contribution in [-0.2, 0) is 6.54 Å². The van der Waals surface area contributed by atoms with Gasteiger partial charge in [-0.3, -0.25) is 14.7 Å². The van der Waals surface area contributed by atoms with Crippen LogP contribution in [-0.4, -0.2) is 15.7 Å². The molecule has 0 spiro atoms. The Morgan fingerprint density at radius 3 is 2.72 bits per heavy atom. The first kappa shape index (κ1) is 12.3. The summed E-state index contributed by atoms with van der Waals surface area (Å²) in [7, 11) is 0. The monoisotopic (exact) mass is 249 g/mol. The van der Waals surface area contributed by atoms with Crippen molar-refractivity contribution in [3.05, 3.63) is 57.3 Å². The number of nitrogens with two attached hydrogens (primary N) is 1. The predicted octanol–water partition coefficient (Wildman–Crippen LogP) is 0.771. The first-order chi connectivity index (χ1) is 8.52. The molecule has 1 aromatic heterocycles. The number of hydrogen-bond donors (Lipinski definition) is 2. The van der Waals surface area contributed by atoms with Gasteiger partial charge in [0.1, 0.15) is 5.82 Å². The van der Waals surface area contributed by atoms with Crippen LogP contribution in [0.1, 0.15) is 21.6 Å². The summed E-state index contributed by atoms with van der Waals surface area (Å²) in [6.07, 6.45) is 0. The first-order valence-corrected chi connectivity index (χ1v) is 5.35. The van der Waals surface area contributed by atoms with Gasteiger partial charge in [-0.2, -0.15) is 4.68 Å². The van der Waals surface area contributed by atoms with Crippen molar-refractivity contribution in [2.24, 2.45) is 5.73 Å². The van der Waals surface area contributed by atoms with Crippen molar-refractivity contribution in [1.29, 1.82) is 0 Å². The van der Waals surface area contributed by atoms with E-state index in [1.54, 1.807) is 6.92 Å². The summed E-state index contributed by atoms with van der Waals surface area (Å²) < 4.78 is 14.0. The molecule has 0 saturated carbocycles. The predicted molar refractivity (Wildman–Crippen MR) is 63.8 cm³/mol. The number of nitrogens with zero attached hydrogens (tertiary/aromatic N) is 1. The van der Waals surface area contributed by atoms with E-state index in [1.165, 1.54) is 24.3 Å². The second-order valence-electron chi connectivity index (χ2n) is 3.93. The zero-order valence-electron chi connectivity index (χ0n) is 9.74. The standard InChI is InChI=1S/C12H12FN3O2/c1-7-4-8(2-3-10(7)13)12(18)16-11(17)5-9(6-14)15-16/h2-5,15H,6,14H2,1H3. The Bertz CT molecular complexity index is 658. The molecule has 2 rings (SSSR count). The number of carbonyl (C=O) groups excluding carboxylic acids is 1. The van der Waals surface area contributed by atoms with E-state index in [4.69, 9.17) is 5.73 Å². The number of aromatic amines is 1. The summed E-state index contributed by atoms with van der Waals surface area (Å²) in [6, 6.07) is 5.18. The molecule has 0 aliphatic rings. The number of rotatable bonds is 2. The number of aryl methyl sites for hydroxylation is 1. The van der Waals surface area contributed by atoms with E-state index in [2.05, 4.69) is 5.10 Å². The lowest BCUT2D eigenvalue weighted by Crippen LogP contribution is -2.25. The topological polar surface area (TPSA) is 80.9 Å². The Labute approximate surface area is 102 Å². The summed E-state index contributed by atoms with van der Waals surface area (Å²) in [5.41, 5.74) is 5.94. The lowest BCUT2D eigenvalue weighted by molar-refractivity contribution is 0.0940. The van der Waals surface area contributed by atoms with E-state index in [9.17, 15) is 14.0 Å². The van der Waals surface area contributed by atoms with E-state index in [-0.39, 0.29) is 12.1 Å². The molecule has 0 bridgehead atoms. The van der Waals surface area contributed by atoms with Crippen LogP contribution in [0, 0.1) is 12.7 Å². The zero-order chi connectivity index (χ0) is 13.3. The Morgan fingerprint density at radius 2 is 2.17 bits per heavy atom. The highest BCUT2D eigenvalue weighted by atomic mass is 19.1. The fourth-order valence-corrected chi connectivity index (χ4v) is 1.61. The normalized spacial score (nSPS) is 10.6. The maximum Gasteiger partial charge on any atom is 0.279 e. The van der Waals surface area contributed by atoms with E-state index in [0.29, 0.717) is 11.3 Å². The Hall–Kier alpha value is -2.21. The molecule has 18 heavy (non-hydrogen) atoms. The smallest absolute Gasteiger partial charge is 0.279 e. The molecule has 0 aliphatic heterocycles. The quantitative estimate of drug-likeness (QED) is 0.824. The molecule has 2 aromatic rings. The fourth-order valence-electron chi connectivity index (χ4n) is 1.61. The number of hydrogen-bond acceptors (Lipinski definition) is 3. The third-order valence-corrected chi connectivity index (χ3v) is 2.60. The second kappa shape index (κ2) is 4.58. The van der Waals surface area contributed by atoms with Crippen molar-refractivity contribution < 1.29 is 9.18 Å². The van der Waals surface area contributed by atoms with Gasteiger partial charge in [0.15, 0.2) is 0 Å². The Morgan fingerprint density at radius 1 is 1.44 bits per heavy atom. The second-order valence-corrected chi connectivity index (χ2v) is 3.93. The van der Waals surface area contributed by atoms with Gasteiger partial charge < -0.3 is 5.73 Å². The molecular weight excluding hydrogens is 237 g/mol. The van der Waals surface area contributed by atoms with Crippen molar-refractivity contribution in [1.82, 2.24) is 9.78 Å². The van der Waals surface area contributed by atoms with Gasteiger partial charge in [-0.1, -0.05) is 0 Å². The number of aromatic nitrogens is 2. The number of benzene rings is 1. The minimum absolute atomic E-state index is 0.137. The average Bonchev–Trinajstić information content (AvgIpc) is 2.73. The van der Waals surface area contributed by atoms with E-state index in [1.807, 2.05) is 0 Å². The molecule has 0 aliphatic carbocycles. The summed E-state index contributed by atoms with van der Waals surface area (Å²) in [5.74, 6) is -0.934. The first-order valence-electron chi connectivity index (χ1n) is 5.35. The van der Waals surface area contributed by atoms with Crippen LogP contribution in [0.5, 0.6) is 0 Å². The van der Waals surface area contributed by atoms with Crippen molar-refractivity contribution in [2.75, 3.05) is 0 Å². The third-order valence-electron chi connectivity index (χ3n) is 2.60. The Kier molecular flexibility index (Phi) is 3.12. The number of halogens is 1. The Balaban J connectivity index is 2.44. The molecule has 1 heterocycles. The van der Waals surface area contributed by atoms with E-state index >= 15 is 0 Å². The highest BCUT2D eigenvalue weighted by Gasteiger charge is 2.13. The van der Waals surface area contributed by atoms with Crippen LogP contribution in [0.15, 0.2) is 29.1 Å². The highest BCUT2D eigenvalue weighted by Crippen LogP contribution is 2.10. The van der Waals surface area contributed by atoms with Gasteiger partial charge >= 0.3 is 0 Å². The number of carbonyl (C=O) groups is 1. The van der Waals surface area contributed by atoms with Gasteiger partial charge in [-0.25, -0.2) is 4.39 Å². The molecule has 6 heteroatoms. The minimum atomic E-state index is -0.539. The molecule has 0 amide bonds. The van der Waals surface area contributed by atoms with Gasteiger partial charge in [0.2, 0.25) is 0 Å². The van der Waals surface area contributed by atoms with Crippen molar-refractivity contribution in [3.63, 3.8) is 0 Å². The maximum atomic E-state index is 13.1. The van der Waals surface area contributed by atoms with Crippen molar-refractivity contribution in [3.8, 4) is 0 Å². The molecule has 0 radical (unpaired) electrons. The molecule has 3 N–H and O–H groups in total. The molecule has 0 saturated heterocycles. The van der Waals surface area contributed by atoms with Crippen LogP contribution in [0.4, 0.5) is 4.39 Å². The zero-order valence-corrected chi connectivity index (χ0v) is 9.74. The van der Waals surface area contributed by atoms with Gasteiger partial charge in [0.05, 0.1) is 5.69 Å². The summed E-state index contributed by atoms with van der Waals surface area (Å²) >= 11 is 0. The minimum Gasteiger partial charge on any atom is -0.325 e. The maximum absolute atomic E-state index is 13.1. The fraction of sp³-hybridized carbons (Fsp3) is 0.167. The number of H-pyrrole nitrogens is 1. The highest BCUT2D eigenvalue weighted by molar-refractivity contribution is 5.95. The average molecular weight is 249 g/mol. The van der Waals surface area contributed by atoms with Gasteiger partial charge in [-0.05, 0) is 30.7 Å². The molecule has 5 nitrogen and oxygen atoms in total. The molecule has 0 atom stereocenters. The van der Waals surface area contributed by atoms with Gasteiger partial charge in [-0.15, -0.1) is 0 Å². The van der Waals surface area contributed by atoms with Crippen molar-refractivity contribution in [2.45, 2.75) is 13.5 Å². The van der Waals surface area contributed by atoms with Crippen LogP contribution in [0.25, 0.3) is 0 Å².